The van der Waals surface area contributed by atoms with Crippen molar-refractivity contribution in [3.63, 3.8) is 0 Å². The fourth-order valence-electron chi connectivity index (χ4n) is 1.07. The lowest BCUT2D eigenvalue weighted by Crippen LogP contribution is -2.27. The Hall–Kier alpha value is -1.56. The monoisotopic (exact) mass is 301 g/mol. The number of nitrogens with one attached hydrogen (secondary N) is 1. The van der Waals surface area contributed by atoms with E-state index in [4.69, 9.17) is 4.74 Å². The Balaban J connectivity index is 0.00000110. The number of carbonyl (C=O) groups is 2. The van der Waals surface area contributed by atoms with E-state index >= 15 is 0 Å². The minimum atomic E-state index is -0.596. The van der Waals surface area contributed by atoms with E-state index in [0.29, 0.717) is 10.6 Å². The molecule has 0 saturated heterocycles. The van der Waals surface area contributed by atoms with Crippen molar-refractivity contribution in [3.05, 3.63) is 16.3 Å². The lowest BCUT2D eigenvalue weighted by atomic mass is 10.2. The fraction of sp³-hybridized carbons (Fsp3) is 0.571. The van der Waals surface area contributed by atoms with E-state index in [-0.39, 0.29) is 0 Å². The molecule has 1 amide bonds. The van der Waals surface area contributed by atoms with Crippen LogP contribution in [0.2, 0.25) is 0 Å². The smallest absolute Gasteiger partial charge is 0.412 e. The van der Waals surface area contributed by atoms with Gasteiger partial charge in [-0.1, -0.05) is 20.3 Å². The Morgan fingerprint density at radius 1 is 1.30 bits per heavy atom. The van der Waals surface area contributed by atoms with Crippen LogP contribution in [0.15, 0.2) is 11.4 Å². The second-order valence-electron chi connectivity index (χ2n) is 4.99. The van der Waals surface area contributed by atoms with E-state index in [1.807, 2.05) is 0 Å². The van der Waals surface area contributed by atoms with Crippen molar-refractivity contribution < 1.29 is 19.1 Å². The van der Waals surface area contributed by atoms with Gasteiger partial charge in [-0.25, -0.2) is 9.59 Å². The molecule has 6 heteroatoms. The summed E-state index contributed by atoms with van der Waals surface area (Å²) in [5.41, 5.74) is -0.179. The number of hydrogen-bond donors (Lipinski definition) is 1. The zero-order valence-electron chi connectivity index (χ0n) is 12.9. The maximum atomic E-state index is 11.5. The predicted octanol–water partition coefficient (Wildman–Crippen LogP) is 4.30. The molecule has 0 bridgehead atoms. The molecule has 0 spiro atoms. The number of amides is 1. The first-order chi connectivity index (χ1) is 9.25. The Kier molecular flexibility index (Phi) is 7.91. The van der Waals surface area contributed by atoms with Crippen LogP contribution in [0.5, 0.6) is 0 Å². The molecule has 0 aliphatic heterocycles. The van der Waals surface area contributed by atoms with Gasteiger partial charge < -0.3 is 9.47 Å². The minimum Gasteiger partial charge on any atom is -0.465 e. The lowest BCUT2D eigenvalue weighted by Gasteiger charge is -2.19. The highest BCUT2D eigenvalue weighted by Gasteiger charge is 2.19. The summed E-state index contributed by atoms with van der Waals surface area (Å²) in [4.78, 5) is 23.2. The van der Waals surface area contributed by atoms with Crippen LogP contribution >= 0.6 is 11.3 Å². The first kappa shape index (κ1) is 18.4. The van der Waals surface area contributed by atoms with E-state index in [1.165, 1.54) is 24.9 Å². The summed E-state index contributed by atoms with van der Waals surface area (Å²) in [6.45, 7) is 9.55. The molecule has 1 N–H and O–H groups in total. The van der Waals surface area contributed by atoms with Crippen molar-refractivity contribution >= 4 is 29.1 Å². The van der Waals surface area contributed by atoms with Crippen LogP contribution in [-0.2, 0) is 9.47 Å². The number of thiophene rings is 1. The molecule has 0 atom stereocenters. The number of methoxy groups -OCH3 is 1. The van der Waals surface area contributed by atoms with Crippen molar-refractivity contribution in [2.75, 3.05) is 12.4 Å². The van der Waals surface area contributed by atoms with Crippen LogP contribution < -0.4 is 5.32 Å². The van der Waals surface area contributed by atoms with Gasteiger partial charge >= 0.3 is 12.1 Å². The summed E-state index contributed by atoms with van der Waals surface area (Å²) in [5, 5.41) is 4.20. The fourth-order valence-corrected chi connectivity index (χ4v) is 1.84. The van der Waals surface area contributed by atoms with Gasteiger partial charge in [-0.2, -0.15) is 0 Å². The van der Waals surface area contributed by atoms with Crippen LogP contribution in [0.3, 0.4) is 0 Å². The highest BCUT2D eigenvalue weighted by molar-refractivity contribution is 7.12. The van der Waals surface area contributed by atoms with Gasteiger partial charge in [0, 0.05) is 0 Å². The van der Waals surface area contributed by atoms with Gasteiger partial charge in [-0.3, -0.25) is 5.32 Å². The molecule has 0 aromatic carbocycles. The summed E-state index contributed by atoms with van der Waals surface area (Å²) < 4.78 is 9.68. The third kappa shape index (κ3) is 7.13. The Morgan fingerprint density at radius 3 is 2.30 bits per heavy atom. The van der Waals surface area contributed by atoms with Crippen LogP contribution in [0.25, 0.3) is 0 Å². The van der Waals surface area contributed by atoms with Gasteiger partial charge in [0.1, 0.15) is 10.5 Å². The van der Waals surface area contributed by atoms with Crippen molar-refractivity contribution in [2.24, 2.45) is 0 Å². The standard InChI is InChI=1S/C11H15NO4S.C3H8/c1-11(2,3)16-10(14)12-7-5-6-17-8(7)9(13)15-4;1-3-2/h5-6H,1-4H3,(H,12,14);3H2,1-2H3. The van der Waals surface area contributed by atoms with E-state index in [9.17, 15) is 9.59 Å². The van der Waals surface area contributed by atoms with Gasteiger partial charge in [-0.05, 0) is 32.2 Å². The number of esters is 1. The average molecular weight is 301 g/mol. The highest BCUT2D eigenvalue weighted by Crippen LogP contribution is 2.23. The number of carbonyl (C=O) groups excluding carboxylic acids is 2. The third-order valence-corrected chi connectivity index (χ3v) is 2.57. The second kappa shape index (κ2) is 8.58. The number of anilines is 1. The second-order valence-corrected chi connectivity index (χ2v) is 5.91. The van der Waals surface area contributed by atoms with Crippen molar-refractivity contribution in [3.8, 4) is 0 Å². The molecule has 1 aromatic rings. The normalized spacial score (nSPS) is 10.1. The van der Waals surface area contributed by atoms with Crippen LogP contribution in [0, 0.1) is 0 Å². The van der Waals surface area contributed by atoms with E-state index < -0.39 is 17.7 Å². The van der Waals surface area contributed by atoms with Gasteiger partial charge in [-0.15, -0.1) is 11.3 Å². The molecule has 5 nitrogen and oxygen atoms in total. The highest BCUT2D eigenvalue weighted by atomic mass is 32.1. The van der Waals surface area contributed by atoms with Gasteiger partial charge in [0.15, 0.2) is 0 Å². The topological polar surface area (TPSA) is 64.6 Å². The zero-order chi connectivity index (χ0) is 15.8. The van der Waals surface area contributed by atoms with Crippen molar-refractivity contribution in [1.29, 1.82) is 0 Å². The van der Waals surface area contributed by atoms with E-state index in [2.05, 4.69) is 23.9 Å². The van der Waals surface area contributed by atoms with Crippen molar-refractivity contribution in [1.82, 2.24) is 0 Å². The molecule has 0 aliphatic carbocycles. The summed E-state index contributed by atoms with van der Waals surface area (Å²) in [5.74, 6) is -0.481. The maximum absolute atomic E-state index is 11.5. The molecular weight excluding hydrogens is 278 g/mol. The Bertz CT molecular complexity index is 435. The number of ether oxygens (including phenoxy) is 2. The zero-order valence-corrected chi connectivity index (χ0v) is 13.7. The van der Waals surface area contributed by atoms with E-state index in [0.717, 1.165) is 0 Å². The quantitative estimate of drug-likeness (QED) is 0.827. The molecule has 1 rings (SSSR count). The van der Waals surface area contributed by atoms with E-state index in [1.54, 1.807) is 32.2 Å². The molecule has 0 radical (unpaired) electrons. The van der Waals surface area contributed by atoms with Crippen LogP contribution in [-0.4, -0.2) is 24.8 Å². The molecule has 0 aliphatic rings. The SMILES string of the molecule is CCC.COC(=O)c1sccc1NC(=O)OC(C)(C)C. The minimum absolute atomic E-state index is 0.346. The molecular formula is C14H23NO4S. The lowest BCUT2D eigenvalue weighted by molar-refractivity contribution is 0.0607. The Morgan fingerprint density at radius 2 is 1.85 bits per heavy atom. The summed E-state index contributed by atoms with van der Waals surface area (Å²) >= 11 is 1.20. The molecule has 114 valence electrons. The predicted molar refractivity (Wildman–Crippen MR) is 81.5 cm³/mol. The van der Waals surface area contributed by atoms with Crippen LogP contribution in [0.4, 0.5) is 10.5 Å². The van der Waals surface area contributed by atoms with Crippen molar-refractivity contribution in [2.45, 2.75) is 46.6 Å². The molecule has 0 fully saturated rings. The molecule has 1 heterocycles. The maximum Gasteiger partial charge on any atom is 0.412 e. The molecule has 0 unspecified atom stereocenters. The molecule has 1 aromatic heterocycles. The van der Waals surface area contributed by atoms with Gasteiger partial charge in [0.2, 0.25) is 0 Å². The van der Waals surface area contributed by atoms with Gasteiger partial charge in [0.05, 0.1) is 12.8 Å². The summed E-state index contributed by atoms with van der Waals surface area (Å²) in [6, 6.07) is 1.63. The van der Waals surface area contributed by atoms with Crippen LogP contribution in [0.1, 0.15) is 50.7 Å². The largest absolute Gasteiger partial charge is 0.465 e. The number of rotatable bonds is 2. The van der Waals surface area contributed by atoms with Gasteiger partial charge in [0.25, 0.3) is 0 Å². The first-order valence-electron chi connectivity index (χ1n) is 6.40. The summed E-state index contributed by atoms with van der Waals surface area (Å²) in [7, 11) is 1.29. The summed E-state index contributed by atoms with van der Waals surface area (Å²) in [6.07, 6.45) is 0.654. The third-order valence-electron chi connectivity index (χ3n) is 1.67. The Labute approximate surface area is 124 Å². The first-order valence-corrected chi connectivity index (χ1v) is 7.28. The molecule has 0 saturated carbocycles. The average Bonchev–Trinajstić information content (AvgIpc) is 2.74. The molecule has 20 heavy (non-hydrogen) atoms. The number of hydrogen-bond acceptors (Lipinski definition) is 5.